The number of pyridine rings is 2. The molecule has 2 fully saturated rings. The maximum absolute atomic E-state index is 12.1. The molecule has 0 unspecified atom stereocenters. The van der Waals surface area contributed by atoms with Crippen molar-refractivity contribution >= 4 is 28.3 Å². The summed E-state index contributed by atoms with van der Waals surface area (Å²) in [7, 11) is 1.82. The predicted octanol–water partition coefficient (Wildman–Crippen LogP) is 3.96. The molecule has 150 valence electrons. The Balaban J connectivity index is 1.45. The number of hydrogen-bond donors (Lipinski definition) is 2. The van der Waals surface area contributed by atoms with E-state index in [9.17, 15) is 4.79 Å². The highest BCUT2D eigenvalue weighted by Crippen LogP contribution is 2.31. The third-order valence-corrected chi connectivity index (χ3v) is 5.23. The Morgan fingerprint density at radius 2 is 1.83 bits per heavy atom. The van der Waals surface area contributed by atoms with Crippen molar-refractivity contribution in [3.63, 3.8) is 0 Å². The molecule has 2 heterocycles. The summed E-state index contributed by atoms with van der Waals surface area (Å²) in [6.07, 6.45) is 8.05. The van der Waals surface area contributed by atoms with E-state index in [-0.39, 0.29) is 11.8 Å². The topological polar surface area (TPSA) is 76.1 Å². The second kappa shape index (κ2) is 7.68. The number of anilines is 2. The first-order chi connectivity index (χ1) is 14.7. The Kier molecular flexibility index (Phi) is 4.72. The van der Waals surface area contributed by atoms with Gasteiger partial charge in [-0.2, -0.15) is 0 Å². The average molecular weight is 398 g/mol. The zero-order valence-electron chi connectivity index (χ0n) is 16.7. The Hall–Kier alpha value is -3.59. The lowest BCUT2D eigenvalue weighted by Crippen LogP contribution is -2.14. The maximum Gasteiger partial charge on any atom is 0.228 e. The number of nitrogens with one attached hydrogen (secondary N) is 2. The quantitative estimate of drug-likeness (QED) is 0.636. The fraction of sp³-hybridized carbons (Fsp3) is 0.292. The fourth-order valence-corrected chi connectivity index (χ4v) is 3.21. The number of rotatable bonds is 5. The number of aromatic nitrogens is 2. The molecule has 0 bridgehead atoms. The molecule has 5 rings (SSSR count). The van der Waals surface area contributed by atoms with E-state index in [1.807, 2.05) is 37.4 Å². The van der Waals surface area contributed by atoms with Crippen molar-refractivity contribution in [2.75, 3.05) is 17.7 Å². The predicted molar refractivity (Wildman–Crippen MR) is 117 cm³/mol. The van der Waals surface area contributed by atoms with Gasteiger partial charge in [-0.15, -0.1) is 0 Å². The first-order valence-corrected chi connectivity index (χ1v) is 10.3. The Bertz CT molecular complexity index is 1170. The molecule has 0 aliphatic heterocycles. The molecule has 2 aromatic heterocycles. The number of fused-ring (bicyclic) bond motifs is 1. The number of benzene rings is 1. The second-order valence-corrected chi connectivity index (χ2v) is 7.74. The number of carbonyl (C=O) groups excluding carboxylic acids is 1. The van der Waals surface area contributed by atoms with Crippen molar-refractivity contribution in [2.45, 2.75) is 31.8 Å². The van der Waals surface area contributed by atoms with Gasteiger partial charge in [-0.05, 0) is 56.0 Å². The van der Waals surface area contributed by atoms with Gasteiger partial charge in [0.25, 0.3) is 0 Å². The van der Waals surface area contributed by atoms with Gasteiger partial charge in [-0.3, -0.25) is 4.79 Å². The van der Waals surface area contributed by atoms with Crippen LogP contribution in [-0.4, -0.2) is 29.0 Å². The van der Waals surface area contributed by atoms with Gasteiger partial charge < -0.3 is 15.4 Å². The molecule has 1 aromatic carbocycles. The molecule has 30 heavy (non-hydrogen) atoms. The Morgan fingerprint density at radius 3 is 2.53 bits per heavy atom. The molecule has 2 aliphatic rings. The monoisotopic (exact) mass is 398 g/mol. The molecular weight excluding hydrogens is 376 g/mol. The number of ether oxygens (including phenoxy) is 1. The van der Waals surface area contributed by atoms with Crippen molar-refractivity contribution in [3.8, 4) is 17.6 Å². The van der Waals surface area contributed by atoms with Crippen LogP contribution in [0, 0.1) is 17.8 Å². The smallest absolute Gasteiger partial charge is 0.228 e. The molecule has 0 radical (unpaired) electrons. The van der Waals surface area contributed by atoms with Crippen molar-refractivity contribution in [1.82, 2.24) is 9.97 Å². The zero-order valence-corrected chi connectivity index (χ0v) is 16.7. The van der Waals surface area contributed by atoms with Gasteiger partial charge in [0.05, 0.1) is 11.7 Å². The summed E-state index contributed by atoms with van der Waals surface area (Å²) in [4.78, 5) is 21.0. The molecule has 0 spiro atoms. The van der Waals surface area contributed by atoms with Crippen LogP contribution in [0.15, 0.2) is 42.7 Å². The van der Waals surface area contributed by atoms with Gasteiger partial charge in [0.15, 0.2) is 0 Å². The fourth-order valence-electron chi connectivity index (χ4n) is 3.21. The van der Waals surface area contributed by atoms with E-state index in [0.29, 0.717) is 11.9 Å². The summed E-state index contributed by atoms with van der Waals surface area (Å²) in [5.74, 6) is 8.73. The highest BCUT2D eigenvalue weighted by molar-refractivity contribution is 5.99. The third kappa shape index (κ3) is 4.06. The number of amides is 1. The molecular formula is C24H22N4O2. The number of carbonyl (C=O) groups is 1. The Labute approximate surface area is 175 Å². The van der Waals surface area contributed by atoms with Gasteiger partial charge >= 0.3 is 0 Å². The molecule has 2 aliphatic carbocycles. The van der Waals surface area contributed by atoms with E-state index < -0.39 is 0 Å². The highest BCUT2D eigenvalue weighted by Gasteiger charge is 2.29. The lowest BCUT2D eigenvalue weighted by atomic mass is 10.1. The lowest BCUT2D eigenvalue weighted by molar-refractivity contribution is -0.117. The number of hydrogen-bond acceptors (Lipinski definition) is 5. The van der Waals surface area contributed by atoms with Crippen LogP contribution in [0.5, 0.6) is 5.75 Å². The summed E-state index contributed by atoms with van der Waals surface area (Å²) in [5.41, 5.74) is 1.69. The van der Waals surface area contributed by atoms with Crippen LogP contribution in [0.2, 0.25) is 0 Å². The SMILES string of the molecule is CNc1ncc(C#Cc2ccc(OC3CC3)cc2)c2cc(NC(=O)C3CC3)ncc12. The van der Waals surface area contributed by atoms with Crippen LogP contribution >= 0.6 is 0 Å². The summed E-state index contributed by atoms with van der Waals surface area (Å²) in [6.45, 7) is 0. The normalized spacial score (nSPS) is 15.2. The minimum Gasteiger partial charge on any atom is -0.490 e. The molecule has 1 amide bonds. The maximum atomic E-state index is 12.1. The van der Waals surface area contributed by atoms with Gasteiger partial charge in [0, 0.05) is 41.7 Å². The first-order valence-electron chi connectivity index (χ1n) is 10.3. The van der Waals surface area contributed by atoms with E-state index in [1.54, 1.807) is 12.4 Å². The lowest BCUT2D eigenvalue weighted by Gasteiger charge is -2.09. The van der Waals surface area contributed by atoms with E-state index in [4.69, 9.17) is 4.74 Å². The first kappa shape index (κ1) is 18.4. The molecule has 0 atom stereocenters. The van der Waals surface area contributed by atoms with Gasteiger partial charge in [-0.1, -0.05) is 11.8 Å². The summed E-state index contributed by atoms with van der Waals surface area (Å²) in [5, 5.41) is 7.76. The van der Waals surface area contributed by atoms with Crippen LogP contribution in [-0.2, 0) is 4.79 Å². The average Bonchev–Trinajstić information content (AvgIpc) is 3.67. The van der Waals surface area contributed by atoms with Crippen LogP contribution in [0.25, 0.3) is 10.8 Å². The van der Waals surface area contributed by atoms with E-state index in [0.717, 1.165) is 59.2 Å². The number of nitrogens with zero attached hydrogens (tertiary/aromatic N) is 2. The minimum atomic E-state index is 0.0332. The standard InChI is InChI=1S/C24H22N4O2/c1-25-23-21-14-26-22(28-24(29)16-6-7-16)12-20(21)17(13-27-23)5-2-15-3-8-18(9-4-15)30-19-10-11-19/h3-4,8-9,12-14,16,19H,6-7,10-11H2,1H3,(H,25,27)(H,26,28,29). The Morgan fingerprint density at radius 1 is 1.03 bits per heavy atom. The van der Waals surface area contributed by atoms with Crippen molar-refractivity contribution < 1.29 is 9.53 Å². The van der Waals surface area contributed by atoms with Crippen molar-refractivity contribution in [1.29, 1.82) is 0 Å². The third-order valence-electron chi connectivity index (χ3n) is 5.23. The summed E-state index contributed by atoms with van der Waals surface area (Å²) in [6, 6.07) is 9.71. The minimum absolute atomic E-state index is 0.0332. The summed E-state index contributed by atoms with van der Waals surface area (Å²) >= 11 is 0. The van der Waals surface area contributed by atoms with Crippen LogP contribution in [0.3, 0.4) is 0 Å². The van der Waals surface area contributed by atoms with Crippen molar-refractivity contribution in [2.24, 2.45) is 5.92 Å². The van der Waals surface area contributed by atoms with Crippen LogP contribution in [0.4, 0.5) is 11.6 Å². The largest absolute Gasteiger partial charge is 0.490 e. The highest BCUT2D eigenvalue weighted by atomic mass is 16.5. The molecule has 6 nitrogen and oxygen atoms in total. The van der Waals surface area contributed by atoms with Gasteiger partial charge in [-0.25, -0.2) is 9.97 Å². The zero-order chi connectivity index (χ0) is 20.5. The van der Waals surface area contributed by atoms with E-state index in [2.05, 4.69) is 32.4 Å². The van der Waals surface area contributed by atoms with Gasteiger partial charge in [0.2, 0.25) is 5.91 Å². The van der Waals surface area contributed by atoms with Gasteiger partial charge in [0.1, 0.15) is 17.4 Å². The van der Waals surface area contributed by atoms with E-state index >= 15 is 0 Å². The molecule has 2 N–H and O–H groups in total. The van der Waals surface area contributed by atoms with Crippen LogP contribution < -0.4 is 15.4 Å². The molecule has 0 saturated heterocycles. The van der Waals surface area contributed by atoms with Crippen LogP contribution in [0.1, 0.15) is 36.8 Å². The van der Waals surface area contributed by atoms with Crippen molar-refractivity contribution in [3.05, 3.63) is 53.9 Å². The molecule has 3 aromatic rings. The van der Waals surface area contributed by atoms with E-state index in [1.165, 1.54) is 0 Å². The molecule has 2 saturated carbocycles. The summed E-state index contributed by atoms with van der Waals surface area (Å²) < 4.78 is 5.79. The second-order valence-electron chi connectivity index (χ2n) is 7.74. The molecule has 6 heteroatoms.